The van der Waals surface area contributed by atoms with Gasteiger partial charge in [0.1, 0.15) is 4.83 Å². The van der Waals surface area contributed by atoms with Crippen molar-refractivity contribution in [3.8, 4) is 22.4 Å². The quantitative estimate of drug-likeness (QED) is 0.226. The minimum atomic E-state index is 0.0414. The van der Waals surface area contributed by atoms with Gasteiger partial charge in [-0.3, -0.25) is 0 Å². The molecule has 3 heteroatoms. The van der Waals surface area contributed by atoms with Gasteiger partial charge in [0.25, 0.3) is 0 Å². The summed E-state index contributed by atoms with van der Waals surface area (Å²) in [5.74, 6) is 0.670. The van der Waals surface area contributed by atoms with Gasteiger partial charge in [0.05, 0.1) is 5.69 Å². The van der Waals surface area contributed by atoms with E-state index in [0.29, 0.717) is 5.92 Å². The summed E-state index contributed by atoms with van der Waals surface area (Å²) in [5, 5.41) is 5.19. The maximum absolute atomic E-state index is 5.20. The van der Waals surface area contributed by atoms with Crippen molar-refractivity contribution in [2.45, 2.75) is 53.4 Å². The molecular formula is C34H33NS2. The van der Waals surface area contributed by atoms with Gasteiger partial charge in [-0.15, -0.1) is 22.7 Å². The van der Waals surface area contributed by atoms with Crippen molar-refractivity contribution in [1.29, 1.82) is 0 Å². The van der Waals surface area contributed by atoms with Crippen LogP contribution in [0.1, 0.15) is 49.9 Å². The van der Waals surface area contributed by atoms with E-state index in [1.807, 2.05) is 11.3 Å². The van der Waals surface area contributed by atoms with Gasteiger partial charge in [-0.2, -0.15) is 0 Å². The molecule has 0 saturated heterocycles. The van der Waals surface area contributed by atoms with E-state index in [2.05, 4.69) is 114 Å². The monoisotopic (exact) mass is 519 g/mol. The lowest BCUT2D eigenvalue weighted by Gasteiger charge is -2.23. The van der Waals surface area contributed by atoms with E-state index < -0.39 is 0 Å². The fraction of sp³-hybridized carbons (Fsp3) is 0.265. The second-order valence-corrected chi connectivity index (χ2v) is 14.1. The largest absolute Gasteiger partial charge is 0.237 e. The summed E-state index contributed by atoms with van der Waals surface area (Å²) >= 11 is 3.72. The number of rotatable bonds is 4. The number of aryl methyl sites for hydroxylation is 1. The molecule has 37 heavy (non-hydrogen) atoms. The number of benzene rings is 3. The van der Waals surface area contributed by atoms with Gasteiger partial charge in [-0.25, -0.2) is 4.98 Å². The van der Waals surface area contributed by atoms with Crippen LogP contribution < -0.4 is 0 Å². The lowest BCUT2D eigenvalue weighted by Crippen LogP contribution is -2.12. The van der Waals surface area contributed by atoms with Crippen molar-refractivity contribution >= 4 is 53.7 Å². The summed E-state index contributed by atoms with van der Waals surface area (Å²) in [6.07, 6.45) is 1.14. The zero-order valence-corrected chi connectivity index (χ0v) is 24.1. The van der Waals surface area contributed by atoms with Crippen molar-refractivity contribution in [2.75, 3.05) is 0 Å². The van der Waals surface area contributed by atoms with Gasteiger partial charge in [-0.05, 0) is 100.0 Å². The molecule has 3 aromatic heterocycles. The first-order valence-electron chi connectivity index (χ1n) is 13.1. The van der Waals surface area contributed by atoms with Crippen LogP contribution in [-0.4, -0.2) is 4.98 Å². The normalized spacial score (nSPS) is 12.4. The minimum absolute atomic E-state index is 0.0414. The third-order valence-electron chi connectivity index (χ3n) is 7.08. The molecule has 3 aromatic carbocycles. The first-order valence-corrected chi connectivity index (χ1v) is 14.8. The molecule has 0 radical (unpaired) electrons. The Bertz CT molecular complexity index is 1780. The van der Waals surface area contributed by atoms with Crippen LogP contribution >= 0.6 is 22.7 Å². The van der Waals surface area contributed by atoms with Gasteiger partial charge in [0.2, 0.25) is 0 Å². The van der Waals surface area contributed by atoms with E-state index >= 15 is 0 Å². The summed E-state index contributed by atoms with van der Waals surface area (Å²) in [4.78, 5) is 9.08. The Hall–Kier alpha value is -3.01. The number of aromatic nitrogens is 1. The maximum atomic E-state index is 5.20. The van der Waals surface area contributed by atoms with Crippen LogP contribution in [0.4, 0.5) is 0 Å². The van der Waals surface area contributed by atoms with E-state index in [1.165, 1.54) is 58.3 Å². The molecule has 0 atom stereocenters. The van der Waals surface area contributed by atoms with E-state index in [4.69, 9.17) is 4.98 Å². The zero-order chi connectivity index (χ0) is 25.9. The Morgan fingerprint density at radius 1 is 0.784 bits per heavy atom. The number of nitrogens with zero attached hydrogens (tertiary/aromatic N) is 1. The van der Waals surface area contributed by atoms with Gasteiger partial charge in [0.15, 0.2) is 0 Å². The van der Waals surface area contributed by atoms with Crippen LogP contribution in [0.2, 0.25) is 0 Å². The Morgan fingerprint density at radius 2 is 1.57 bits per heavy atom. The average Bonchev–Trinajstić information content (AvgIpc) is 3.42. The van der Waals surface area contributed by atoms with Crippen LogP contribution in [0.15, 0.2) is 72.8 Å². The van der Waals surface area contributed by atoms with Crippen molar-refractivity contribution in [1.82, 2.24) is 4.98 Å². The van der Waals surface area contributed by atoms with Gasteiger partial charge >= 0.3 is 0 Å². The van der Waals surface area contributed by atoms with E-state index in [1.54, 1.807) is 11.3 Å². The zero-order valence-electron chi connectivity index (χ0n) is 22.5. The lowest BCUT2D eigenvalue weighted by molar-refractivity contribution is 0.596. The second-order valence-electron chi connectivity index (χ2n) is 11.7. The summed E-state index contributed by atoms with van der Waals surface area (Å²) in [6.45, 7) is 13.7. The molecule has 0 N–H and O–H groups in total. The molecule has 0 aliphatic rings. The molecule has 0 amide bonds. The lowest BCUT2D eigenvalue weighted by atomic mass is 9.82. The molecule has 0 unspecified atom stereocenters. The van der Waals surface area contributed by atoms with E-state index in [0.717, 1.165) is 16.9 Å². The minimum Gasteiger partial charge on any atom is -0.237 e. The highest BCUT2D eigenvalue weighted by molar-refractivity contribution is 7.19. The Balaban J connectivity index is 1.56. The summed E-state index contributed by atoms with van der Waals surface area (Å²) < 4.78 is 1.37. The Labute approximate surface area is 227 Å². The molecule has 0 spiro atoms. The molecule has 6 rings (SSSR count). The van der Waals surface area contributed by atoms with Crippen LogP contribution in [-0.2, 0) is 11.8 Å². The fourth-order valence-corrected chi connectivity index (χ4v) is 7.53. The highest BCUT2D eigenvalue weighted by atomic mass is 32.1. The number of hydrogen-bond acceptors (Lipinski definition) is 3. The smallest absolute Gasteiger partial charge is 0.124 e. The predicted molar refractivity (Wildman–Crippen MR) is 165 cm³/mol. The molecule has 0 aliphatic heterocycles. The Kier molecular flexibility index (Phi) is 5.97. The number of pyridine rings is 1. The predicted octanol–water partition coefficient (Wildman–Crippen LogP) is 10.8. The second kappa shape index (κ2) is 9.08. The number of thiophene rings is 2. The fourth-order valence-electron chi connectivity index (χ4n) is 5.37. The van der Waals surface area contributed by atoms with Crippen LogP contribution in [0.3, 0.4) is 0 Å². The van der Waals surface area contributed by atoms with Gasteiger partial charge in [0, 0.05) is 25.4 Å². The summed E-state index contributed by atoms with van der Waals surface area (Å²) in [7, 11) is 0. The Morgan fingerprint density at radius 3 is 2.35 bits per heavy atom. The molecule has 3 heterocycles. The van der Waals surface area contributed by atoms with E-state index in [9.17, 15) is 0 Å². The third kappa shape index (κ3) is 4.60. The number of hydrogen-bond donors (Lipinski definition) is 0. The molecule has 0 bridgehead atoms. The molecule has 6 aromatic rings. The van der Waals surface area contributed by atoms with Crippen molar-refractivity contribution < 1.29 is 0 Å². The van der Waals surface area contributed by atoms with E-state index in [-0.39, 0.29) is 5.41 Å². The van der Waals surface area contributed by atoms with Crippen LogP contribution in [0.25, 0.3) is 53.5 Å². The summed E-state index contributed by atoms with van der Waals surface area (Å²) in [6, 6.07) is 27.4. The standard InChI is InChI=1S/C34H33NS2/c1-20(2)13-26-17-25-16-23(11-12-32(25)37-26)28-19-31(35-33-29(28)14-21(3)36-33)24-15-22-9-7-8-10-27(22)30(18-24)34(4,5)6/h7-12,14-20H,13H2,1-6H3. The maximum Gasteiger partial charge on any atom is 0.124 e. The average molecular weight is 520 g/mol. The molecular weight excluding hydrogens is 487 g/mol. The SMILES string of the molecule is Cc1cc2c(-c3ccc4sc(CC(C)C)cc4c3)cc(-c3cc(C(C)(C)C)c4ccccc4c3)nc2s1. The highest BCUT2D eigenvalue weighted by Gasteiger charge is 2.20. The molecule has 0 aliphatic carbocycles. The van der Waals surface area contributed by atoms with Crippen LogP contribution in [0, 0.1) is 12.8 Å². The third-order valence-corrected chi connectivity index (χ3v) is 9.17. The number of fused-ring (bicyclic) bond motifs is 3. The first kappa shape index (κ1) is 24.3. The summed E-state index contributed by atoms with van der Waals surface area (Å²) in [5.41, 5.74) is 6.18. The topological polar surface area (TPSA) is 12.9 Å². The van der Waals surface area contributed by atoms with Crippen molar-refractivity contribution in [2.24, 2.45) is 5.92 Å². The van der Waals surface area contributed by atoms with Crippen molar-refractivity contribution in [3.63, 3.8) is 0 Å². The van der Waals surface area contributed by atoms with Gasteiger partial charge in [-0.1, -0.05) is 65.0 Å². The highest BCUT2D eigenvalue weighted by Crippen LogP contribution is 2.40. The molecule has 1 nitrogen and oxygen atoms in total. The molecule has 0 fully saturated rings. The van der Waals surface area contributed by atoms with Crippen LogP contribution in [0.5, 0.6) is 0 Å². The first-order chi connectivity index (χ1) is 17.7. The molecule has 0 saturated carbocycles. The van der Waals surface area contributed by atoms with Crippen molar-refractivity contribution in [3.05, 3.63) is 88.1 Å². The van der Waals surface area contributed by atoms with Gasteiger partial charge < -0.3 is 0 Å². The molecule has 186 valence electrons.